The maximum absolute atomic E-state index is 13.0. The summed E-state index contributed by atoms with van der Waals surface area (Å²) in [7, 11) is 0. The first-order valence-corrected chi connectivity index (χ1v) is 8.15. The van der Waals surface area contributed by atoms with Gasteiger partial charge >= 0.3 is 0 Å². The lowest BCUT2D eigenvalue weighted by Crippen LogP contribution is -1.97. The van der Waals surface area contributed by atoms with Gasteiger partial charge in [0.25, 0.3) is 0 Å². The third kappa shape index (κ3) is 3.57. The predicted octanol–water partition coefficient (Wildman–Crippen LogP) is 5.09. The van der Waals surface area contributed by atoms with E-state index < -0.39 is 0 Å². The molecule has 126 valence electrons. The Kier molecular flexibility index (Phi) is 4.35. The molecule has 0 radical (unpaired) electrons. The molecule has 0 saturated carbocycles. The second-order valence-electron chi connectivity index (χ2n) is 5.69. The van der Waals surface area contributed by atoms with E-state index >= 15 is 0 Å². The van der Waals surface area contributed by atoms with Crippen molar-refractivity contribution < 1.29 is 4.39 Å². The summed E-state index contributed by atoms with van der Waals surface area (Å²) in [5.74, 6) is 1.12. The molecule has 4 aromatic rings. The van der Waals surface area contributed by atoms with Crippen molar-refractivity contribution in [3.63, 3.8) is 0 Å². The molecule has 0 aliphatic rings. The summed E-state index contributed by atoms with van der Waals surface area (Å²) >= 11 is 0. The average molecular weight is 342 g/mol. The maximum Gasteiger partial charge on any atom is 0.132 e. The van der Waals surface area contributed by atoms with Crippen LogP contribution in [0.3, 0.4) is 0 Å². The number of hydrogen-bond donors (Lipinski definition) is 1. The lowest BCUT2D eigenvalue weighted by atomic mass is 10.1. The molecule has 1 aromatic carbocycles. The van der Waals surface area contributed by atoms with E-state index in [2.05, 4.69) is 20.3 Å². The van der Waals surface area contributed by atoms with E-state index in [1.807, 2.05) is 48.5 Å². The van der Waals surface area contributed by atoms with Gasteiger partial charge in [-0.25, -0.2) is 14.4 Å². The van der Waals surface area contributed by atoms with Crippen LogP contribution in [0.1, 0.15) is 0 Å². The molecule has 0 amide bonds. The van der Waals surface area contributed by atoms with Gasteiger partial charge in [0.1, 0.15) is 17.5 Å². The first-order chi connectivity index (χ1) is 12.8. The number of aromatic nitrogens is 3. The van der Waals surface area contributed by atoms with Crippen LogP contribution in [0.4, 0.5) is 16.0 Å². The normalized spacial score (nSPS) is 10.5. The molecule has 0 spiro atoms. The standard InChI is InChI=1S/C21H15FN4/c22-17-10-7-15(8-11-17)16-9-12-20(24-14-16)26-21-6-3-5-19(25-21)18-4-1-2-13-23-18/h1-14H,(H,24,25,26). The third-order valence-corrected chi connectivity index (χ3v) is 3.87. The molecule has 0 aliphatic heterocycles. The number of anilines is 2. The van der Waals surface area contributed by atoms with Crippen LogP contribution in [-0.4, -0.2) is 15.0 Å². The Morgan fingerprint density at radius 2 is 1.46 bits per heavy atom. The number of pyridine rings is 3. The fraction of sp³-hybridized carbons (Fsp3) is 0. The Morgan fingerprint density at radius 1 is 0.654 bits per heavy atom. The fourth-order valence-corrected chi connectivity index (χ4v) is 2.57. The molecule has 0 bridgehead atoms. The van der Waals surface area contributed by atoms with Gasteiger partial charge in [0.15, 0.2) is 0 Å². The molecule has 0 saturated heterocycles. The minimum atomic E-state index is -0.251. The summed E-state index contributed by atoms with van der Waals surface area (Å²) in [6.45, 7) is 0. The summed E-state index contributed by atoms with van der Waals surface area (Å²) in [5.41, 5.74) is 3.45. The molecule has 0 aliphatic carbocycles. The van der Waals surface area contributed by atoms with Gasteiger partial charge in [0, 0.05) is 18.0 Å². The smallest absolute Gasteiger partial charge is 0.132 e. The van der Waals surface area contributed by atoms with Crippen LogP contribution in [0.5, 0.6) is 0 Å². The van der Waals surface area contributed by atoms with Crippen LogP contribution in [0.2, 0.25) is 0 Å². The molecule has 3 heterocycles. The molecular formula is C21H15FN4. The topological polar surface area (TPSA) is 50.7 Å². The zero-order chi connectivity index (χ0) is 17.8. The Bertz CT molecular complexity index is 1000. The molecular weight excluding hydrogens is 327 g/mol. The van der Waals surface area contributed by atoms with E-state index in [0.29, 0.717) is 11.6 Å². The molecule has 0 unspecified atom stereocenters. The van der Waals surface area contributed by atoms with Crippen molar-refractivity contribution in [2.75, 3.05) is 5.32 Å². The lowest BCUT2D eigenvalue weighted by Gasteiger charge is -2.08. The van der Waals surface area contributed by atoms with Crippen LogP contribution >= 0.6 is 0 Å². The van der Waals surface area contributed by atoms with Gasteiger partial charge in [-0.15, -0.1) is 0 Å². The summed E-state index contributed by atoms with van der Waals surface area (Å²) in [5, 5.41) is 3.19. The molecule has 4 rings (SSSR count). The first kappa shape index (κ1) is 15.9. The molecule has 5 heteroatoms. The van der Waals surface area contributed by atoms with Crippen LogP contribution in [0.25, 0.3) is 22.5 Å². The van der Waals surface area contributed by atoms with Crippen molar-refractivity contribution >= 4 is 11.6 Å². The molecule has 0 fully saturated rings. The highest BCUT2D eigenvalue weighted by Gasteiger charge is 2.04. The van der Waals surface area contributed by atoms with Gasteiger partial charge in [-0.05, 0) is 54.1 Å². The van der Waals surface area contributed by atoms with E-state index in [1.165, 1.54) is 12.1 Å². The van der Waals surface area contributed by atoms with Gasteiger partial charge in [-0.3, -0.25) is 4.98 Å². The van der Waals surface area contributed by atoms with E-state index in [9.17, 15) is 4.39 Å². The van der Waals surface area contributed by atoms with Crippen molar-refractivity contribution in [3.05, 3.63) is 91.0 Å². The molecule has 3 aromatic heterocycles. The Labute approximate surface area is 150 Å². The molecule has 4 nitrogen and oxygen atoms in total. The molecule has 0 atom stereocenters. The van der Waals surface area contributed by atoms with Crippen LogP contribution < -0.4 is 5.32 Å². The Hall–Kier alpha value is -3.60. The Balaban J connectivity index is 1.53. The van der Waals surface area contributed by atoms with E-state index in [0.717, 1.165) is 22.5 Å². The second-order valence-corrected chi connectivity index (χ2v) is 5.69. The van der Waals surface area contributed by atoms with E-state index in [1.54, 1.807) is 24.5 Å². The number of nitrogens with zero attached hydrogens (tertiary/aromatic N) is 3. The van der Waals surface area contributed by atoms with Gasteiger partial charge in [0.2, 0.25) is 0 Å². The second kappa shape index (κ2) is 7.11. The highest BCUT2D eigenvalue weighted by molar-refractivity contribution is 5.65. The number of rotatable bonds is 4. The number of halogens is 1. The summed E-state index contributed by atoms with van der Waals surface area (Å²) in [6, 6.07) is 21.6. The highest BCUT2D eigenvalue weighted by atomic mass is 19.1. The van der Waals surface area contributed by atoms with Gasteiger partial charge in [-0.1, -0.05) is 24.3 Å². The number of hydrogen-bond acceptors (Lipinski definition) is 4. The van der Waals surface area contributed by atoms with Crippen molar-refractivity contribution in [1.82, 2.24) is 15.0 Å². The largest absolute Gasteiger partial charge is 0.325 e. The van der Waals surface area contributed by atoms with E-state index in [4.69, 9.17) is 0 Å². The molecule has 1 N–H and O–H groups in total. The van der Waals surface area contributed by atoms with Gasteiger partial charge in [0.05, 0.1) is 11.4 Å². The zero-order valence-corrected chi connectivity index (χ0v) is 13.8. The van der Waals surface area contributed by atoms with Crippen LogP contribution in [0, 0.1) is 5.82 Å². The van der Waals surface area contributed by atoms with Crippen molar-refractivity contribution in [2.24, 2.45) is 0 Å². The summed E-state index contributed by atoms with van der Waals surface area (Å²) in [6.07, 6.45) is 3.49. The lowest BCUT2D eigenvalue weighted by molar-refractivity contribution is 0.628. The number of benzene rings is 1. The quantitative estimate of drug-likeness (QED) is 0.561. The van der Waals surface area contributed by atoms with Crippen molar-refractivity contribution in [1.29, 1.82) is 0 Å². The van der Waals surface area contributed by atoms with E-state index in [-0.39, 0.29) is 5.82 Å². The maximum atomic E-state index is 13.0. The minimum Gasteiger partial charge on any atom is -0.325 e. The average Bonchev–Trinajstić information content (AvgIpc) is 2.70. The van der Waals surface area contributed by atoms with Crippen molar-refractivity contribution in [2.45, 2.75) is 0 Å². The fourth-order valence-electron chi connectivity index (χ4n) is 2.57. The van der Waals surface area contributed by atoms with Crippen molar-refractivity contribution in [3.8, 4) is 22.5 Å². The third-order valence-electron chi connectivity index (χ3n) is 3.87. The first-order valence-electron chi connectivity index (χ1n) is 8.15. The van der Waals surface area contributed by atoms with Gasteiger partial charge < -0.3 is 5.32 Å². The Morgan fingerprint density at radius 3 is 2.19 bits per heavy atom. The summed E-state index contributed by atoms with van der Waals surface area (Å²) in [4.78, 5) is 13.3. The zero-order valence-electron chi connectivity index (χ0n) is 13.8. The van der Waals surface area contributed by atoms with Gasteiger partial charge in [-0.2, -0.15) is 0 Å². The highest BCUT2D eigenvalue weighted by Crippen LogP contribution is 2.22. The monoisotopic (exact) mass is 342 g/mol. The SMILES string of the molecule is Fc1ccc(-c2ccc(Nc3cccc(-c4ccccn4)n3)nc2)cc1. The number of nitrogens with one attached hydrogen (secondary N) is 1. The molecule has 26 heavy (non-hydrogen) atoms. The summed E-state index contributed by atoms with van der Waals surface area (Å²) < 4.78 is 13.0. The minimum absolute atomic E-state index is 0.251. The predicted molar refractivity (Wildman–Crippen MR) is 100 cm³/mol. The van der Waals surface area contributed by atoms with Crippen LogP contribution in [-0.2, 0) is 0 Å². The van der Waals surface area contributed by atoms with Crippen LogP contribution in [0.15, 0.2) is 85.2 Å².